The minimum absolute atomic E-state index is 0.180. The van der Waals surface area contributed by atoms with E-state index in [2.05, 4.69) is 0 Å². The van der Waals surface area contributed by atoms with Crippen LogP contribution in [-0.4, -0.2) is 11.1 Å². The smallest absolute Gasteiger partial charge is 0.336 e. The van der Waals surface area contributed by atoms with Crippen LogP contribution in [0.5, 0.6) is 0 Å². The van der Waals surface area contributed by atoms with Crippen molar-refractivity contribution in [1.82, 2.24) is 0 Å². The molecule has 0 aromatic carbocycles. The monoisotopic (exact) mass is 167 g/mol. The zero-order valence-corrected chi connectivity index (χ0v) is 6.87. The third-order valence-electron chi connectivity index (χ3n) is 1.88. The highest BCUT2D eigenvalue weighted by Gasteiger charge is 2.13. The minimum atomic E-state index is -1.00. The Hall–Kier alpha value is -1.58. The summed E-state index contributed by atoms with van der Waals surface area (Å²) in [7, 11) is 0. The highest BCUT2D eigenvalue weighted by atomic mass is 16.5. The summed E-state index contributed by atoms with van der Waals surface area (Å²) in [4.78, 5) is 10.6. The number of carbonyl (C=O) groups is 1. The van der Waals surface area contributed by atoms with Crippen molar-refractivity contribution in [3.05, 3.63) is 34.3 Å². The van der Waals surface area contributed by atoms with Gasteiger partial charge in [0.1, 0.15) is 0 Å². The molecule has 1 heterocycles. The molecule has 64 valence electrons. The van der Waals surface area contributed by atoms with Crippen LogP contribution in [0.3, 0.4) is 0 Å². The molecule has 0 atom stereocenters. The number of aromatic carboxylic acids is 1. The molecule has 0 amide bonds. The SMILES string of the molecule is Cc1c(C(=O)O)cc[n+]([O-])c1C. The van der Waals surface area contributed by atoms with Crippen LogP contribution in [0.4, 0.5) is 0 Å². The third-order valence-corrected chi connectivity index (χ3v) is 1.88. The summed E-state index contributed by atoms with van der Waals surface area (Å²) in [5, 5.41) is 19.6. The Morgan fingerprint density at radius 2 is 2.17 bits per heavy atom. The summed E-state index contributed by atoms with van der Waals surface area (Å²) < 4.78 is 0.655. The lowest BCUT2D eigenvalue weighted by molar-refractivity contribution is -0.612. The maximum atomic E-state index is 10.9. The van der Waals surface area contributed by atoms with Gasteiger partial charge in [-0.1, -0.05) is 0 Å². The number of nitrogens with zero attached hydrogens (tertiary/aromatic N) is 1. The average molecular weight is 167 g/mol. The lowest BCUT2D eigenvalue weighted by Crippen LogP contribution is -2.31. The predicted octanol–water partition coefficient (Wildman–Crippen LogP) is 0.635. The van der Waals surface area contributed by atoms with Crippen molar-refractivity contribution in [2.24, 2.45) is 0 Å². The predicted molar refractivity (Wildman–Crippen MR) is 41.8 cm³/mol. The third kappa shape index (κ3) is 1.23. The Bertz CT molecular complexity index is 333. The van der Waals surface area contributed by atoms with Gasteiger partial charge in [-0.2, -0.15) is 4.73 Å². The van der Waals surface area contributed by atoms with E-state index in [1.54, 1.807) is 13.8 Å². The van der Waals surface area contributed by atoms with Crippen LogP contribution in [0.1, 0.15) is 21.6 Å². The van der Waals surface area contributed by atoms with E-state index in [0.29, 0.717) is 16.0 Å². The fourth-order valence-electron chi connectivity index (χ4n) is 0.971. The van der Waals surface area contributed by atoms with Crippen molar-refractivity contribution in [2.45, 2.75) is 13.8 Å². The van der Waals surface area contributed by atoms with Gasteiger partial charge in [-0.3, -0.25) is 0 Å². The Morgan fingerprint density at radius 3 is 2.67 bits per heavy atom. The summed E-state index contributed by atoms with van der Waals surface area (Å²) in [6.45, 7) is 3.21. The van der Waals surface area contributed by atoms with Gasteiger partial charge < -0.3 is 10.3 Å². The van der Waals surface area contributed by atoms with E-state index < -0.39 is 5.97 Å². The quantitative estimate of drug-likeness (QED) is 0.493. The largest absolute Gasteiger partial charge is 0.619 e. The van der Waals surface area contributed by atoms with Crippen LogP contribution in [0.25, 0.3) is 0 Å². The average Bonchev–Trinajstić information content (AvgIpc) is 2.00. The molecule has 4 heteroatoms. The van der Waals surface area contributed by atoms with Gasteiger partial charge in [-0.25, -0.2) is 4.79 Å². The van der Waals surface area contributed by atoms with Gasteiger partial charge in [0.2, 0.25) is 0 Å². The molecule has 0 aliphatic carbocycles. The number of carboxylic acid groups (broad SMARTS) is 1. The molecule has 0 aliphatic heterocycles. The number of hydrogen-bond donors (Lipinski definition) is 1. The van der Waals surface area contributed by atoms with Crippen molar-refractivity contribution in [1.29, 1.82) is 0 Å². The normalized spacial score (nSPS) is 9.83. The zero-order valence-electron chi connectivity index (χ0n) is 6.87. The summed E-state index contributed by atoms with van der Waals surface area (Å²) >= 11 is 0. The van der Waals surface area contributed by atoms with Gasteiger partial charge in [0.15, 0.2) is 11.9 Å². The van der Waals surface area contributed by atoms with Crippen molar-refractivity contribution in [3.8, 4) is 0 Å². The zero-order chi connectivity index (χ0) is 9.30. The first-order valence-electron chi connectivity index (χ1n) is 3.46. The second-order valence-corrected chi connectivity index (χ2v) is 2.57. The molecule has 0 unspecified atom stereocenters. The molecule has 0 saturated carbocycles. The Morgan fingerprint density at radius 1 is 1.58 bits per heavy atom. The van der Waals surface area contributed by atoms with Gasteiger partial charge in [-0.15, -0.1) is 0 Å². The van der Waals surface area contributed by atoms with E-state index in [4.69, 9.17) is 5.11 Å². The fraction of sp³-hybridized carbons (Fsp3) is 0.250. The van der Waals surface area contributed by atoms with Gasteiger partial charge in [0, 0.05) is 18.6 Å². The van der Waals surface area contributed by atoms with E-state index >= 15 is 0 Å². The van der Waals surface area contributed by atoms with Crippen molar-refractivity contribution < 1.29 is 14.6 Å². The first-order valence-corrected chi connectivity index (χ1v) is 3.46. The van der Waals surface area contributed by atoms with Crippen LogP contribution in [0, 0.1) is 19.1 Å². The van der Waals surface area contributed by atoms with Crippen molar-refractivity contribution in [2.75, 3.05) is 0 Å². The van der Waals surface area contributed by atoms with Crippen molar-refractivity contribution >= 4 is 5.97 Å². The molecule has 1 aromatic rings. The van der Waals surface area contributed by atoms with Gasteiger partial charge in [0.05, 0.1) is 5.56 Å². The number of carboxylic acids is 1. The Kier molecular flexibility index (Phi) is 1.99. The summed E-state index contributed by atoms with van der Waals surface area (Å²) in [6.07, 6.45) is 1.20. The lowest BCUT2D eigenvalue weighted by Gasteiger charge is -2.04. The van der Waals surface area contributed by atoms with E-state index in [-0.39, 0.29) is 5.56 Å². The molecule has 0 fully saturated rings. The summed E-state index contributed by atoms with van der Waals surface area (Å²) in [6, 6.07) is 1.30. The molecule has 0 saturated heterocycles. The topological polar surface area (TPSA) is 64.2 Å². The number of rotatable bonds is 1. The molecule has 0 aliphatic rings. The van der Waals surface area contributed by atoms with Crippen LogP contribution in [-0.2, 0) is 0 Å². The van der Waals surface area contributed by atoms with E-state index in [0.717, 1.165) is 0 Å². The second kappa shape index (κ2) is 2.81. The molecule has 1 N–H and O–H groups in total. The molecule has 1 aromatic heterocycles. The molecule has 1 rings (SSSR count). The second-order valence-electron chi connectivity index (χ2n) is 2.57. The molecular weight excluding hydrogens is 158 g/mol. The standard InChI is InChI=1S/C8H9NO3/c1-5-6(2)9(12)4-3-7(5)8(10)11/h3-4H,1-2H3,(H,10,11). The van der Waals surface area contributed by atoms with Crippen LogP contribution < -0.4 is 4.73 Å². The Balaban J connectivity index is 3.36. The highest BCUT2D eigenvalue weighted by Crippen LogP contribution is 2.07. The first kappa shape index (κ1) is 8.52. The number of hydrogen-bond acceptors (Lipinski definition) is 2. The molecular formula is C8H9NO3. The molecule has 0 bridgehead atoms. The van der Waals surface area contributed by atoms with Crippen LogP contribution in [0.15, 0.2) is 12.3 Å². The first-order chi connectivity index (χ1) is 5.54. The lowest BCUT2D eigenvalue weighted by atomic mass is 10.1. The molecule has 4 nitrogen and oxygen atoms in total. The van der Waals surface area contributed by atoms with E-state index in [9.17, 15) is 10.0 Å². The highest BCUT2D eigenvalue weighted by molar-refractivity contribution is 5.89. The number of aromatic nitrogens is 1. The number of pyridine rings is 1. The molecule has 0 radical (unpaired) electrons. The van der Waals surface area contributed by atoms with E-state index in [1.807, 2.05) is 0 Å². The minimum Gasteiger partial charge on any atom is -0.619 e. The van der Waals surface area contributed by atoms with Gasteiger partial charge in [0.25, 0.3) is 0 Å². The van der Waals surface area contributed by atoms with Gasteiger partial charge >= 0.3 is 5.97 Å². The molecule has 12 heavy (non-hydrogen) atoms. The summed E-state index contributed by atoms with van der Waals surface area (Å²) in [5.41, 5.74) is 1.12. The van der Waals surface area contributed by atoms with Crippen LogP contribution in [0.2, 0.25) is 0 Å². The Labute approximate surface area is 69.7 Å². The maximum absolute atomic E-state index is 10.9. The van der Waals surface area contributed by atoms with Crippen molar-refractivity contribution in [3.63, 3.8) is 0 Å². The van der Waals surface area contributed by atoms with Gasteiger partial charge in [-0.05, 0) is 6.92 Å². The molecule has 0 spiro atoms. The van der Waals surface area contributed by atoms with E-state index in [1.165, 1.54) is 12.3 Å². The maximum Gasteiger partial charge on any atom is 0.336 e. The van der Waals surface area contributed by atoms with Crippen LogP contribution >= 0.6 is 0 Å². The summed E-state index contributed by atoms with van der Waals surface area (Å²) in [5.74, 6) is -1.00. The fourth-order valence-corrected chi connectivity index (χ4v) is 0.971.